The molecule has 8 heteroatoms. The predicted molar refractivity (Wildman–Crippen MR) is 179 cm³/mol. The van der Waals surface area contributed by atoms with Gasteiger partial charge in [-0.1, -0.05) is 75.6 Å². The number of benzene rings is 5. The Kier molecular flexibility index (Phi) is 7.97. The van der Waals surface area contributed by atoms with E-state index >= 15 is 0 Å². The van der Waals surface area contributed by atoms with Crippen LogP contribution in [0.2, 0.25) is 0 Å². The average molecular weight is 619 g/mol. The number of carbonyl (C=O) groups excluding carboxylic acids is 2. The third-order valence-electron chi connectivity index (χ3n) is 10.2. The first-order chi connectivity index (χ1) is 22.3. The van der Waals surface area contributed by atoms with Gasteiger partial charge in [-0.15, -0.1) is 0 Å². The van der Waals surface area contributed by atoms with E-state index in [0.29, 0.717) is 32.7 Å². The van der Waals surface area contributed by atoms with Crippen molar-refractivity contribution in [1.82, 2.24) is 10.6 Å². The molecular formula is C38H38N2O6. The van der Waals surface area contributed by atoms with Gasteiger partial charge in [0.2, 0.25) is 0 Å². The number of carboxylic acid groups (broad SMARTS) is 2. The van der Waals surface area contributed by atoms with E-state index in [1.807, 2.05) is 12.1 Å². The number of carbonyl (C=O) groups is 4. The Balaban J connectivity index is 1.49. The van der Waals surface area contributed by atoms with Crippen LogP contribution in [-0.4, -0.2) is 46.0 Å². The second kappa shape index (κ2) is 12.2. The highest BCUT2D eigenvalue weighted by Gasteiger charge is 2.27. The molecule has 0 heterocycles. The van der Waals surface area contributed by atoms with Crippen LogP contribution in [0.15, 0.2) is 48.5 Å². The van der Waals surface area contributed by atoms with Crippen LogP contribution in [-0.2, 0) is 0 Å². The van der Waals surface area contributed by atoms with E-state index in [0.717, 1.165) is 93.2 Å². The topological polar surface area (TPSA) is 133 Å². The predicted octanol–water partition coefficient (Wildman–Crippen LogP) is 8.04. The number of hydrogen-bond acceptors (Lipinski definition) is 4. The summed E-state index contributed by atoms with van der Waals surface area (Å²) in [6.45, 7) is 0. The van der Waals surface area contributed by atoms with Crippen molar-refractivity contribution in [3.8, 4) is 0 Å². The molecule has 2 aliphatic carbocycles. The van der Waals surface area contributed by atoms with Gasteiger partial charge in [0, 0.05) is 34.0 Å². The Morgan fingerprint density at radius 3 is 1.07 bits per heavy atom. The van der Waals surface area contributed by atoms with Crippen LogP contribution in [0.5, 0.6) is 0 Å². The third kappa shape index (κ3) is 5.19. The van der Waals surface area contributed by atoms with Crippen molar-refractivity contribution in [2.24, 2.45) is 0 Å². The molecule has 0 spiro atoms. The summed E-state index contributed by atoms with van der Waals surface area (Å²) in [5.41, 5.74) is 0.688. The van der Waals surface area contributed by atoms with Crippen molar-refractivity contribution in [3.05, 3.63) is 70.8 Å². The molecule has 0 saturated heterocycles. The molecule has 0 atom stereocenters. The quantitative estimate of drug-likeness (QED) is 0.0865. The molecule has 7 rings (SSSR count). The van der Waals surface area contributed by atoms with Crippen molar-refractivity contribution in [1.29, 1.82) is 0 Å². The summed E-state index contributed by atoms with van der Waals surface area (Å²) in [5.74, 6) is -2.84. The van der Waals surface area contributed by atoms with Gasteiger partial charge in [-0.3, -0.25) is 9.59 Å². The van der Waals surface area contributed by atoms with E-state index in [9.17, 15) is 29.4 Å². The molecular weight excluding hydrogens is 580 g/mol. The number of aromatic carboxylic acids is 2. The molecule has 0 bridgehead atoms. The normalized spacial score (nSPS) is 16.9. The van der Waals surface area contributed by atoms with Crippen LogP contribution in [0.25, 0.3) is 43.1 Å². The number of nitrogens with one attached hydrogen (secondary N) is 2. The number of fused-ring (bicyclic) bond motifs is 2. The fourth-order valence-corrected chi connectivity index (χ4v) is 8.00. The van der Waals surface area contributed by atoms with Crippen molar-refractivity contribution in [3.63, 3.8) is 0 Å². The molecule has 2 fully saturated rings. The number of amides is 2. The zero-order chi connectivity index (χ0) is 31.9. The summed E-state index contributed by atoms with van der Waals surface area (Å²) in [6, 6.07) is 13.7. The zero-order valence-electron chi connectivity index (χ0n) is 25.8. The van der Waals surface area contributed by atoms with E-state index in [4.69, 9.17) is 0 Å². The van der Waals surface area contributed by atoms with Gasteiger partial charge in [-0.2, -0.15) is 0 Å². The molecule has 46 heavy (non-hydrogen) atoms. The molecule has 2 saturated carbocycles. The summed E-state index contributed by atoms with van der Waals surface area (Å²) in [5, 5.41) is 31.4. The first-order valence-electron chi connectivity index (χ1n) is 16.6. The van der Waals surface area contributed by atoms with E-state index in [2.05, 4.69) is 10.6 Å². The minimum absolute atomic E-state index is 0.0717. The maximum atomic E-state index is 14.1. The highest BCUT2D eigenvalue weighted by atomic mass is 16.4. The van der Waals surface area contributed by atoms with Crippen molar-refractivity contribution in [2.45, 2.75) is 89.1 Å². The molecule has 2 amide bonds. The van der Waals surface area contributed by atoms with Crippen molar-refractivity contribution < 1.29 is 29.4 Å². The van der Waals surface area contributed by atoms with E-state index in [1.165, 1.54) is 12.1 Å². The van der Waals surface area contributed by atoms with Crippen LogP contribution >= 0.6 is 0 Å². The number of carboxylic acids is 2. The standard InChI is InChI=1S/C38H38N2O6/c41-35(39-21-9-5-1-2-6-10-21)27-17-13-23-25-15-19-29(37(43)44)34-30(38(45)46)20-16-26(32(25)34)24-14-18-28(33(27)31(23)24)36(42)40-22-11-7-3-4-8-12-22/h13-22H,1-12H2,(H,39,41)(H,40,42)(H,43,44)(H,45,46). The van der Waals surface area contributed by atoms with Gasteiger partial charge in [0.05, 0.1) is 11.1 Å². The molecule has 0 aliphatic heterocycles. The van der Waals surface area contributed by atoms with Crippen LogP contribution < -0.4 is 10.6 Å². The molecule has 2 aliphatic rings. The minimum atomic E-state index is -1.21. The molecule has 0 radical (unpaired) electrons. The Morgan fingerprint density at radius 2 is 0.739 bits per heavy atom. The number of rotatable bonds is 6. The lowest BCUT2D eigenvalue weighted by atomic mass is 9.84. The van der Waals surface area contributed by atoms with Crippen LogP contribution in [0.1, 0.15) is 118 Å². The molecule has 0 unspecified atom stereocenters. The highest BCUT2D eigenvalue weighted by molar-refractivity contribution is 6.38. The Bertz CT molecular complexity index is 1880. The summed E-state index contributed by atoms with van der Waals surface area (Å²) in [4.78, 5) is 52.7. The van der Waals surface area contributed by atoms with Gasteiger partial charge in [-0.05, 0) is 82.3 Å². The SMILES string of the molecule is O=C(O)c1ccc2c3ccc(C(=O)NC4CCCCCC4)c4c(C(=O)NC5CCCCCC5)ccc(c5ccc(C(=O)O)c1c25)c43. The zero-order valence-corrected chi connectivity index (χ0v) is 25.8. The third-order valence-corrected chi connectivity index (χ3v) is 10.2. The van der Waals surface area contributed by atoms with Gasteiger partial charge < -0.3 is 20.8 Å². The van der Waals surface area contributed by atoms with E-state index in [1.54, 1.807) is 24.3 Å². The molecule has 5 aromatic rings. The van der Waals surface area contributed by atoms with Crippen LogP contribution in [0.4, 0.5) is 0 Å². The van der Waals surface area contributed by atoms with Crippen molar-refractivity contribution >= 4 is 66.8 Å². The first kappa shape index (κ1) is 30.0. The lowest BCUT2D eigenvalue weighted by Gasteiger charge is -2.22. The first-order valence-corrected chi connectivity index (χ1v) is 16.6. The monoisotopic (exact) mass is 618 g/mol. The molecule has 0 aromatic heterocycles. The second-order valence-electron chi connectivity index (χ2n) is 13.1. The molecule has 4 N–H and O–H groups in total. The van der Waals surface area contributed by atoms with Gasteiger partial charge in [0.15, 0.2) is 0 Å². The van der Waals surface area contributed by atoms with Crippen LogP contribution in [0.3, 0.4) is 0 Å². The average Bonchev–Trinajstić information content (AvgIpc) is 3.47. The number of hydrogen-bond donors (Lipinski definition) is 4. The summed E-state index contributed by atoms with van der Waals surface area (Å²) >= 11 is 0. The maximum absolute atomic E-state index is 14.1. The lowest BCUT2D eigenvalue weighted by Crippen LogP contribution is -2.36. The second-order valence-corrected chi connectivity index (χ2v) is 13.1. The van der Waals surface area contributed by atoms with Crippen molar-refractivity contribution in [2.75, 3.05) is 0 Å². The fourth-order valence-electron chi connectivity index (χ4n) is 8.00. The molecule has 236 valence electrons. The summed E-state index contributed by atoms with van der Waals surface area (Å²) < 4.78 is 0. The Hall–Kier alpha value is -4.72. The molecule has 8 nitrogen and oxygen atoms in total. The Labute approximate surface area is 266 Å². The lowest BCUT2D eigenvalue weighted by molar-refractivity contribution is 0.0695. The van der Waals surface area contributed by atoms with E-state index < -0.39 is 11.9 Å². The Morgan fingerprint density at radius 1 is 0.435 bits per heavy atom. The summed E-state index contributed by atoms with van der Waals surface area (Å²) in [6.07, 6.45) is 12.6. The van der Waals surface area contributed by atoms with Gasteiger partial charge in [0.25, 0.3) is 11.8 Å². The maximum Gasteiger partial charge on any atom is 0.336 e. The highest BCUT2D eigenvalue weighted by Crippen LogP contribution is 2.44. The largest absolute Gasteiger partial charge is 0.478 e. The van der Waals surface area contributed by atoms with Crippen LogP contribution in [0, 0.1) is 0 Å². The van der Waals surface area contributed by atoms with Gasteiger partial charge >= 0.3 is 11.9 Å². The van der Waals surface area contributed by atoms with Gasteiger partial charge in [0.1, 0.15) is 0 Å². The minimum Gasteiger partial charge on any atom is -0.478 e. The van der Waals surface area contributed by atoms with Gasteiger partial charge in [-0.25, -0.2) is 9.59 Å². The summed E-state index contributed by atoms with van der Waals surface area (Å²) in [7, 11) is 0. The molecule has 5 aromatic carbocycles. The van der Waals surface area contributed by atoms with E-state index in [-0.39, 0.29) is 40.4 Å². The fraction of sp³-hybridized carbons (Fsp3) is 0.368. The smallest absolute Gasteiger partial charge is 0.336 e.